The molecule has 0 fully saturated rings. The molecule has 2 rings (SSSR count). The first kappa shape index (κ1) is 12.7. The number of carbonyl (C=O) groups is 1. The Kier molecular flexibility index (Phi) is 4.00. The van der Waals surface area contributed by atoms with Crippen LogP contribution in [0.15, 0.2) is 48.5 Å². The van der Waals surface area contributed by atoms with E-state index in [1.165, 1.54) is 0 Å². The van der Waals surface area contributed by atoms with Gasteiger partial charge in [-0.2, -0.15) is 0 Å². The van der Waals surface area contributed by atoms with Gasteiger partial charge in [-0.15, -0.1) is 0 Å². The Labute approximate surface area is 111 Å². The van der Waals surface area contributed by atoms with Crippen LogP contribution in [0.25, 0.3) is 0 Å². The van der Waals surface area contributed by atoms with Crippen molar-refractivity contribution in [3.05, 3.63) is 65.2 Å². The molecule has 2 aromatic carbocycles. The molecule has 0 atom stereocenters. The molecule has 0 saturated carbocycles. The number of rotatable bonds is 4. The maximum absolute atomic E-state index is 11.1. The molecule has 0 saturated heterocycles. The van der Waals surface area contributed by atoms with Crippen LogP contribution >= 0.6 is 11.6 Å². The van der Waals surface area contributed by atoms with Crippen molar-refractivity contribution in [3.63, 3.8) is 0 Å². The van der Waals surface area contributed by atoms with Gasteiger partial charge in [-0.05, 0) is 47.9 Å². The van der Waals surface area contributed by atoms with Crippen molar-refractivity contribution in [1.82, 2.24) is 0 Å². The molecule has 3 heteroatoms. The Morgan fingerprint density at radius 3 is 2.50 bits per heavy atom. The fraction of sp³-hybridized carbons (Fsp3) is 0.133. The zero-order valence-corrected chi connectivity index (χ0v) is 10.8. The summed E-state index contributed by atoms with van der Waals surface area (Å²) in [6.07, 6.45) is 0. The largest absolute Gasteiger partial charge is 0.489 e. The third-order valence-corrected chi connectivity index (χ3v) is 2.86. The standard InChI is InChI=1S/C15H13ClO2/c1-11-9-13(7-8-14(11)15(16)17)18-10-12-5-3-2-4-6-12/h2-9H,10H2,1H3. The van der Waals surface area contributed by atoms with Crippen LogP contribution in [0.1, 0.15) is 21.5 Å². The summed E-state index contributed by atoms with van der Waals surface area (Å²) in [4.78, 5) is 11.1. The minimum atomic E-state index is -0.442. The van der Waals surface area contributed by atoms with E-state index in [4.69, 9.17) is 16.3 Å². The highest BCUT2D eigenvalue weighted by molar-refractivity contribution is 6.67. The van der Waals surface area contributed by atoms with E-state index in [0.29, 0.717) is 12.2 Å². The summed E-state index contributed by atoms with van der Waals surface area (Å²) < 4.78 is 5.65. The highest BCUT2D eigenvalue weighted by Crippen LogP contribution is 2.19. The number of carbonyl (C=O) groups excluding carboxylic acids is 1. The van der Waals surface area contributed by atoms with Crippen molar-refractivity contribution < 1.29 is 9.53 Å². The predicted molar refractivity (Wildman–Crippen MR) is 72.1 cm³/mol. The molecule has 0 aromatic heterocycles. The average Bonchev–Trinajstić information content (AvgIpc) is 2.37. The second-order valence-electron chi connectivity index (χ2n) is 4.02. The first-order chi connectivity index (χ1) is 8.66. The van der Waals surface area contributed by atoms with Gasteiger partial charge in [-0.1, -0.05) is 30.3 Å². The molecule has 0 heterocycles. The molecular weight excluding hydrogens is 248 g/mol. The van der Waals surface area contributed by atoms with Crippen molar-refractivity contribution in [1.29, 1.82) is 0 Å². The molecule has 18 heavy (non-hydrogen) atoms. The first-order valence-corrected chi connectivity index (χ1v) is 6.02. The van der Waals surface area contributed by atoms with Crippen LogP contribution in [-0.2, 0) is 6.61 Å². The number of hydrogen-bond acceptors (Lipinski definition) is 2. The lowest BCUT2D eigenvalue weighted by molar-refractivity contribution is 0.108. The normalized spacial score (nSPS) is 10.1. The van der Waals surface area contributed by atoms with Gasteiger partial charge in [0.2, 0.25) is 0 Å². The average molecular weight is 261 g/mol. The Morgan fingerprint density at radius 1 is 1.17 bits per heavy atom. The van der Waals surface area contributed by atoms with Gasteiger partial charge in [-0.3, -0.25) is 4.79 Å². The fourth-order valence-electron chi connectivity index (χ4n) is 1.69. The molecule has 0 aliphatic heterocycles. The van der Waals surface area contributed by atoms with E-state index in [9.17, 15) is 4.79 Å². The zero-order chi connectivity index (χ0) is 13.0. The summed E-state index contributed by atoms with van der Waals surface area (Å²) in [5.41, 5.74) is 2.44. The minimum Gasteiger partial charge on any atom is -0.489 e. The molecule has 0 aliphatic carbocycles. The van der Waals surface area contributed by atoms with Crippen molar-refractivity contribution >= 4 is 16.8 Å². The predicted octanol–water partition coefficient (Wildman–Crippen LogP) is 3.95. The Balaban J connectivity index is 2.07. The van der Waals surface area contributed by atoms with E-state index < -0.39 is 5.24 Å². The van der Waals surface area contributed by atoms with Crippen LogP contribution < -0.4 is 4.74 Å². The molecule has 2 aromatic rings. The maximum atomic E-state index is 11.1. The Morgan fingerprint density at radius 2 is 1.89 bits per heavy atom. The summed E-state index contributed by atoms with van der Waals surface area (Å²) in [6, 6.07) is 15.2. The van der Waals surface area contributed by atoms with Crippen molar-refractivity contribution in [3.8, 4) is 5.75 Å². The quantitative estimate of drug-likeness (QED) is 0.778. The molecule has 0 amide bonds. The van der Waals surface area contributed by atoms with E-state index in [1.807, 2.05) is 43.3 Å². The summed E-state index contributed by atoms with van der Waals surface area (Å²) in [5.74, 6) is 0.734. The third kappa shape index (κ3) is 3.11. The second-order valence-corrected chi connectivity index (χ2v) is 4.37. The third-order valence-electron chi connectivity index (χ3n) is 2.66. The number of benzene rings is 2. The topological polar surface area (TPSA) is 26.3 Å². The molecule has 0 bridgehead atoms. The van der Waals surface area contributed by atoms with Gasteiger partial charge < -0.3 is 4.74 Å². The Bertz CT molecular complexity index is 550. The van der Waals surface area contributed by atoms with Gasteiger partial charge in [0.25, 0.3) is 5.24 Å². The molecule has 0 unspecified atom stereocenters. The molecular formula is C15H13ClO2. The van der Waals surface area contributed by atoms with Crippen LogP contribution in [0.3, 0.4) is 0 Å². The van der Waals surface area contributed by atoms with Gasteiger partial charge in [-0.25, -0.2) is 0 Å². The van der Waals surface area contributed by atoms with E-state index in [1.54, 1.807) is 12.1 Å². The van der Waals surface area contributed by atoms with Crippen LogP contribution in [0.2, 0.25) is 0 Å². The highest BCUT2D eigenvalue weighted by atomic mass is 35.5. The molecule has 0 aliphatic rings. The van der Waals surface area contributed by atoms with E-state index in [0.717, 1.165) is 16.9 Å². The molecule has 0 radical (unpaired) electrons. The minimum absolute atomic E-state index is 0.442. The smallest absolute Gasteiger partial charge is 0.252 e. The fourth-order valence-corrected chi connectivity index (χ4v) is 1.90. The molecule has 0 N–H and O–H groups in total. The summed E-state index contributed by atoms with van der Waals surface area (Å²) >= 11 is 5.45. The van der Waals surface area contributed by atoms with Crippen molar-refractivity contribution in [2.45, 2.75) is 13.5 Å². The van der Waals surface area contributed by atoms with Crippen LogP contribution in [0, 0.1) is 6.92 Å². The first-order valence-electron chi connectivity index (χ1n) is 5.64. The maximum Gasteiger partial charge on any atom is 0.252 e. The lowest BCUT2D eigenvalue weighted by Crippen LogP contribution is -1.98. The number of halogens is 1. The Hall–Kier alpha value is -1.80. The summed E-state index contributed by atoms with van der Waals surface area (Å²) in [6.45, 7) is 2.35. The van der Waals surface area contributed by atoms with Gasteiger partial charge in [0.05, 0.1) is 0 Å². The highest BCUT2D eigenvalue weighted by Gasteiger charge is 2.06. The van der Waals surface area contributed by atoms with Gasteiger partial charge >= 0.3 is 0 Å². The van der Waals surface area contributed by atoms with Crippen LogP contribution in [0.5, 0.6) is 5.75 Å². The molecule has 2 nitrogen and oxygen atoms in total. The van der Waals surface area contributed by atoms with E-state index in [-0.39, 0.29) is 0 Å². The number of ether oxygens (including phenoxy) is 1. The number of aryl methyl sites for hydroxylation is 1. The van der Waals surface area contributed by atoms with Crippen molar-refractivity contribution in [2.24, 2.45) is 0 Å². The lowest BCUT2D eigenvalue weighted by atomic mass is 10.1. The van der Waals surface area contributed by atoms with Crippen LogP contribution in [0.4, 0.5) is 0 Å². The SMILES string of the molecule is Cc1cc(OCc2ccccc2)ccc1C(=O)Cl. The van der Waals surface area contributed by atoms with E-state index in [2.05, 4.69) is 0 Å². The van der Waals surface area contributed by atoms with E-state index >= 15 is 0 Å². The van der Waals surface area contributed by atoms with Crippen LogP contribution in [-0.4, -0.2) is 5.24 Å². The van der Waals surface area contributed by atoms with Gasteiger partial charge in [0, 0.05) is 5.56 Å². The summed E-state index contributed by atoms with van der Waals surface area (Å²) in [5, 5.41) is -0.442. The second kappa shape index (κ2) is 5.69. The zero-order valence-electron chi connectivity index (χ0n) is 10.0. The molecule has 0 spiro atoms. The monoisotopic (exact) mass is 260 g/mol. The van der Waals surface area contributed by atoms with Gasteiger partial charge in [0.15, 0.2) is 0 Å². The lowest BCUT2D eigenvalue weighted by Gasteiger charge is -2.08. The van der Waals surface area contributed by atoms with Gasteiger partial charge in [0.1, 0.15) is 12.4 Å². The summed E-state index contributed by atoms with van der Waals surface area (Å²) in [7, 11) is 0. The van der Waals surface area contributed by atoms with Crippen molar-refractivity contribution in [2.75, 3.05) is 0 Å². The number of hydrogen-bond donors (Lipinski definition) is 0. The molecule has 92 valence electrons.